The SMILES string of the molecule is CNC(=O)Cc1ccc(NC(=O)c2cc(-c3ccccc3)nc3c2cnn3Cc2ccccc2)cc1. The lowest BCUT2D eigenvalue weighted by atomic mass is 10.1. The van der Waals surface area contributed by atoms with E-state index in [0.717, 1.165) is 16.7 Å². The van der Waals surface area contributed by atoms with Crippen LogP contribution in [0.1, 0.15) is 21.5 Å². The smallest absolute Gasteiger partial charge is 0.256 e. The first kappa shape index (κ1) is 23.0. The van der Waals surface area contributed by atoms with Crippen LogP contribution < -0.4 is 10.6 Å². The molecular weight excluding hydrogens is 450 g/mol. The number of anilines is 1. The van der Waals surface area contributed by atoms with Crippen molar-refractivity contribution in [2.24, 2.45) is 0 Å². The van der Waals surface area contributed by atoms with Crippen LogP contribution >= 0.6 is 0 Å². The number of nitrogens with zero attached hydrogens (tertiary/aromatic N) is 3. The van der Waals surface area contributed by atoms with E-state index in [2.05, 4.69) is 15.7 Å². The zero-order chi connectivity index (χ0) is 24.9. The molecule has 0 radical (unpaired) electrons. The van der Waals surface area contributed by atoms with Gasteiger partial charge in [-0.25, -0.2) is 9.67 Å². The van der Waals surface area contributed by atoms with Crippen LogP contribution in [-0.2, 0) is 17.8 Å². The number of likely N-dealkylation sites (N-methyl/N-ethyl adjacent to an activating group) is 1. The predicted molar refractivity (Wildman–Crippen MR) is 141 cm³/mol. The van der Waals surface area contributed by atoms with Crippen LogP contribution in [0.15, 0.2) is 97.2 Å². The highest BCUT2D eigenvalue weighted by atomic mass is 16.2. The molecule has 2 heterocycles. The van der Waals surface area contributed by atoms with E-state index < -0.39 is 0 Å². The third-order valence-electron chi connectivity index (χ3n) is 5.95. The maximum atomic E-state index is 13.4. The zero-order valence-corrected chi connectivity index (χ0v) is 19.8. The standard InChI is InChI=1S/C29H25N5O2/c1-30-27(35)16-20-12-14-23(15-13-20)32-29(36)24-17-26(22-10-6-3-7-11-22)33-28-25(24)18-31-34(28)19-21-8-4-2-5-9-21/h2-15,17-18H,16,19H2,1H3,(H,30,35)(H,32,36). The van der Waals surface area contributed by atoms with Crippen molar-refractivity contribution < 1.29 is 9.59 Å². The number of hydrogen-bond acceptors (Lipinski definition) is 4. The average Bonchev–Trinajstić information content (AvgIpc) is 3.32. The number of amides is 2. The molecule has 7 heteroatoms. The normalized spacial score (nSPS) is 10.8. The lowest BCUT2D eigenvalue weighted by Gasteiger charge is -2.10. The second kappa shape index (κ2) is 10.2. The first-order valence-electron chi connectivity index (χ1n) is 11.7. The van der Waals surface area contributed by atoms with Gasteiger partial charge in [0.25, 0.3) is 5.91 Å². The number of carbonyl (C=O) groups excluding carboxylic acids is 2. The lowest BCUT2D eigenvalue weighted by Crippen LogP contribution is -2.19. The van der Waals surface area contributed by atoms with E-state index in [1.807, 2.05) is 83.5 Å². The Hall–Kier alpha value is -4.78. The number of aromatic nitrogens is 3. The number of benzene rings is 3. The Balaban J connectivity index is 1.50. The molecule has 0 bridgehead atoms. The number of hydrogen-bond donors (Lipinski definition) is 2. The van der Waals surface area contributed by atoms with Gasteiger partial charge in [0, 0.05) is 18.3 Å². The number of rotatable bonds is 7. The fourth-order valence-corrected chi connectivity index (χ4v) is 4.04. The van der Waals surface area contributed by atoms with E-state index in [1.54, 1.807) is 25.4 Å². The van der Waals surface area contributed by atoms with Gasteiger partial charge < -0.3 is 10.6 Å². The molecule has 2 N–H and O–H groups in total. The molecule has 0 atom stereocenters. The lowest BCUT2D eigenvalue weighted by molar-refractivity contribution is -0.119. The molecule has 5 aromatic rings. The molecule has 2 amide bonds. The van der Waals surface area contributed by atoms with Crippen molar-refractivity contribution in [1.29, 1.82) is 0 Å². The molecule has 0 saturated carbocycles. The van der Waals surface area contributed by atoms with Crippen LogP contribution in [0.3, 0.4) is 0 Å². The first-order chi connectivity index (χ1) is 17.6. The molecule has 0 fully saturated rings. The molecular formula is C29H25N5O2. The zero-order valence-electron chi connectivity index (χ0n) is 19.8. The molecule has 0 aliphatic rings. The number of fused-ring (bicyclic) bond motifs is 1. The Bertz CT molecular complexity index is 1510. The van der Waals surface area contributed by atoms with Crippen molar-refractivity contribution >= 4 is 28.5 Å². The largest absolute Gasteiger partial charge is 0.359 e. The van der Waals surface area contributed by atoms with Gasteiger partial charge in [-0.3, -0.25) is 9.59 Å². The molecule has 5 rings (SSSR count). The van der Waals surface area contributed by atoms with Crippen molar-refractivity contribution in [2.75, 3.05) is 12.4 Å². The van der Waals surface area contributed by atoms with Gasteiger partial charge >= 0.3 is 0 Å². The summed E-state index contributed by atoms with van der Waals surface area (Å²) >= 11 is 0. The quantitative estimate of drug-likeness (QED) is 0.358. The van der Waals surface area contributed by atoms with Gasteiger partial charge in [-0.2, -0.15) is 5.10 Å². The van der Waals surface area contributed by atoms with Gasteiger partial charge in [0.15, 0.2) is 5.65 Å². The van der Waals surface area contributed by atoms with Gasteiger partial charge in [-0.1, -0.05) is 72.8 Å². The maximum Gasteiger partial charge on any atom is 0.256 e. The van der Waals surface area contributed by atoms with Crippen LogP contribution in [0, 0.1) is 0 Å². The average molecular weight is 476 g/mol. The molecule has 0 unspecified atom stereocenters. The highest BCUT2D eigenvalue weighted by Gasteiger charge is 2.18. The summed E-state index contributed by atoms with van der Waals surface area (Å²) in [5.74, 6) is -0.315. The van der Waals surface area contributed by atoms with Crippen LogP contribution in [-0.4, -0.2) is 33.6 Å². The van der Waals surface area contributed by atoms with Crippen LogP contribution in [0.2, 0.25) is 0 Å². The molecule has 178 valence electrons. The van der Waals surface area contributed by atoms with Gasteiger partial charge in [0.2, 0.25) is 5.91 Å². The molecule has 0 spiro atoms. The van der Waals surface area contributed by atoms with Crippen molar-refractivity contribution in [3.05, 3.63) is 114 Å². The van der Waals surface area contributed by atoms with E-state index in [9.17, 15) is 9.59 Å². The van der Waals surface area contributed by atoms with E-state index >= 15 is 0 Å². The van der Waals surface area contributed by atoms with E-state index in [1.165, 1.54) is 0 Å². The Kier molecular flexibility index (Phi) is 6.53. The molecule has 36 heavy (non-hydrogen) atoms. The van der Waals surface area contributed by atoms with E-state index in [0.29, 0.717) is 34.5 Å². The summed E-state index contributed by atoms with van der Waals surface area (Å²) in [7, 11) is 1.61. The summed E-state index contributed by atoms with van der Waals surface area (Å²) in [6, 6.07) is 28.9. The maximum absolute atomic E-state index is 13.4. The summed E-state index contributed by atoms with van der Waals surface area (Å²) in [6.07, 6.45) is 1.98. The van der Waals surface area contributed by atoms with Crippen LogP contribution in [0.5, 0.6) is 0 Å². The van der Waals surface area contributed by atoms with Crippen molar-refractivity contribution in [3.8, 4) is 11.3 Å². The second-order valence-corrected chi connectivity index (χ2v) is 8.45. The Morgan fingerprint density at radius 2 is 1.56 bits per heavy atom. The molecule has 7 nitrogen and oxygen atoms in total. The summed E-state index contributed by atoms with van der Waals surface area (Å²) in [5.41, 5.74) is 5.36. The molecule has 2 aromatic heterocycles. The predicted octanol–water partition coefficient (Wildman–Crippen LogP) is 4.69. The molecule has 0 aliphatic heterocycles. The minimum atomic E-state index is -0.252. The van der Waals surface area contributed by atoms with Gasteiger partial charge in [0.1, 0.15) is 0 Å². The third-order valence-corrected chi connectivity index (χ3v) is 5.95. The van der Waals surface area contributed by atoms with E-state index in [-0.39, 0.29) is 18.2 Å². The van der Waals surface area contributed by atoms with Crippen molar-refractivity contribution in [1.82, 2.24) is 20.1 Å². The topological polar surface area (TPSA) is 88.9 Å². The Morgan fingerprint density at radius 1 is 0.861 bits per heavy atom. The Labute approximate surface area is 208 Å². The highest BCUT2D eigenvalue weighted by Crippen LogP contribution is 2.26. The monoisotopic (exact) mass is 475 g/mol. The van der Waals surface area contributed by atoms with Crippen molar-refractivity contribution in [3.63, 3.8) is 0 Å². The minimum absolute atomic E-state index is 0.0630. The second-order valence-electron chi connectivity index (χ2n) is 8.45. The minimum Gasteiger partial charge on any atom is -0.359 e. The van der Waals surface area contributed by atoms with Crippen LogP contribution in [0.4, 0.5) is 5.69 Å². The summed E-state index contributed by atoms with van der Waals surface area (Å²) in [4.78, 5) is 30.0. The summed E-state index contributed by atoms with van der Waals surface area (Å²) in [6.45, 7) is 0.545. The van der Waals surface area contributed by atoms with Gasteiger partial charge in [-0.05, 0) is 29.3 Å². The number of pyridine rings is 1. The molecule has 3 aromatic carbocycles. The number of nitrogens with one attached hydrogen (secondary N) is 2. The molecule has 0 aliphatic carbocycles. The van der Waals surface area contributed by atoms with Crippen LogP contribution in [0.25, 0.3) is 22.3 Å². The molecule has 0 saturated heterocycles. The fraction of sp³-hybridized carbons (Fsp3) is 0.103. The Morgan fingerprint density at radius 3 is 2.25 bits per heavy atom. The third kappa shape index (κ3) is 5.00. The highest BCUT2D eigenvalue weighted by molar-refractivity contribution is 6.12. The van der Waals surface area contributed by atoms with Gasteiger partial charge in [-0.15, -0.1) is 0 Å². The summed E-state index contributed by atoms with van der Waals surface area (Å²) < 4.78 is 1.82. The number of carbonyl (C=O) groups is 2. The first-order valence-corrected chi connectivity index (χ1v) is 11.7. The van der Waals surface area contributed by atoms with Crippen molar-refractivity contribution in [2.45, 2.75) is 13.0 Å². The van der Waals surface area contributed by atoms with E-state index in [4.69, 9.17) is 4.98 Å². The fourth-order valence-electron chi connectivity index (χ4n) is 4.04. The van der Waals surface area contributed by atoms with Gasteiger partial charge in [0.05, 0.1) is 35.8 Å². The summed E-state index contributed by atoms with van der Waals surface area (Å²) in [5, 5.41) is 10.8.